The van der Waals surface area contributed by atoms with Gasteiger partial charge in [0, 0.05) is 30.4 Å². The van der Waals surface area contributed by atoms with Gasteiger partial charge in [0.05, 0.1) is 0 Å². The summed E-state index contributed by atoms with van der Waals surface area (Å²) in [4.78, 5) is 17.7. The largest absolute Gasteiger partial charge is 0.336 e. The van der Waals surface area contributed by atoms with Gasteiger partial charge in [0.2, 0.25) is 0 Å². The molecule has 3 aliphatic rings. The van der Waals surface area contributed by atoms with E-state index in [1.807, 2.05) is 11.0 Å². The van der Waals surface area contributed by atoms with Crippen LogP contribution in [0.5, 0.6) is 0 Å². The number of fused-ring (bicyclic) bond motifs is 1. The van der Waals surface area contributed by atoms with Crippen molar-refractivity contribution in [3.05, 3.63) is 47.0 Å². The Bertz CT molecular complexity index is 871. The summed E-state index contributed by atoms with van der Waals surface area (Å²) in [5.41, 5.74) is 2.99. The lowest BCUT2D eigenvalue weighted by molar-refractivity contribution is 0.0772. The lowest BCUT2D eigenvalue weighted by Gasteiger charge is -2.23. The molecule has 2 aliphatic heterocycles. The van der Waals surface area contributed by atoms with Gasteiger partial charge in [-0.15, -0.1) is 0 Å². The fourth-order valence-corrected chi connectivity index (χ4v) is 4.91. The van der Waals surface area contributed by atoms with E-state index in [0.717, 1.165) is 63.1 Å². The second kappa shape index (κ2) is 6.75. The average molecular weight is 368 g/mol. The van der Waals surface area contributed by atoms with Crippen LogP contribution in [0.15, 0.2) is 24.3 Å². The zero-order valence-electron chi connectivity index (χ0n) is 15.5. The van der Waals surface area contributed by atoms with Crippen molar-refractivity contribution < 1.29 is 9.18 Å². The Morgan fingerprint density at radius 1 is 1.07 bits per heavy atom. The highest BCUT2D eigenvalue weighted by Crippen LogP contribution is 2.30. The highest BCUT2D eigenvalue weighted by atomic mass is 19.1. The van der Waals surface area contributed by atoms with Crippen molar-refractivity contribution in [1.82, 2.24) is 19.6 Å². The number of benzene rings is 1. The van der Waals surface area contributed by atoms with Crippen LogP contribution in [0, 0.1) is 5.82 Å². The number of hydrogen-bond acceptors (Lipinski definition) is 3. The van der Waals surface area contributed by atoms with Crippen LogP contribution >= 0.6 is 0 Å². The van der Waals surface area contributed by atoms with Crippen LogP contribution in [0.2, 0.25) is 0 Å². The second-order valence-electron chi connectivity index (χ2n) is 7.93. The van der Waals surface area contributed by atoms with E-state index in [2.05, 4.69) is 10.00 Å². The molecule has 1 aliphatic carbocycles. The molecule has 3 heterocycles. The van der Waals surface area contributed by atoms with Crippen LogP contribution in [0.25, 0.3) is 5.69 Å². The predicted molar refractivity (Wildman–Crippen MR) is 101 cm³/mol. The first-order chi connectivity index (χ1) is 13.2. The van der Waals surface area contributed by atoms with Crippen molar-refractivity contribution in [3.63, 3.8) is 0 Å². The fraction of sp³-hybridized carbons (Fsp3) is 0.524. The first kappa shape index (κ1) is 16.9. The number of halogens is 1. The Kier molecular flexibility index (Phi) is 4.23. The number of carbonyl (C=O) groups is 1. The lowest BCUT2D eigenvalue weighted by Crippen LogP contribution is -2.37. The Labute approximate surface area is 158 Å². The zero-order chi connectivity index (χ0) is 18.4. The quantitative estimate of drug-likeness (QED) is 0.837. The minimum absolute atomic E-state index is 0.0185. The molecule has 1 aromatic heterocycles. The van der Waals surface area contributed by atoms with Crippen LogP contribution in [-0.4, -0.2) is 57.7 Å². The first-order valence-electron chi connectivity index (χ1n) is 10.1. The van der Waals surface area contributed by atoms with Gasteiger partial charge in [0.1, 0.15) is 11.5 Å². The molecule has 0 saturated carbocycles. The number of aromatic nitrogens is 2. The molecule has 2 saturated heterocycles. The molecular formula is C21H25FN4O. The molecule has 6 heteroatoms. The van der Waals surface area contributed by atoms with Crippen LogP contribution < -0.4 is 0 Å². The summed E-state index contributed by atoms with van der Waals surface area (Å²) in [5, 5.41) is 4.60. The van der Waals surface area contributed by atoms with Crippen molar-refractivity contribution in [2.24, 2.45) is 0 Å². The van der Waals surface area contributed by atoms with Crippen molar-refractivity contribution in [3.8, 4) is 5.69 Å². The molecule has 27 heavy (non-hydrogen) atoms. The molecule has 2 fully saturated rings. The molecule has 0 N–H and O–H groups in total. The van der Waals surface area contributed by atoms with Crippen LogP contribution in [0.1, 0.15) is 47.4 Å². The van der Waals surface area contributed by atoms with E-state index >= 15 is 0 Å². The van der Waals surface area contributed by atoms with Crippen LogP contribution in [0.3, 0.4) is 0 Å². The molecule has 0 bridgehead atoms. The molecule has 0 radical (unpaired) electrons. The number of para-hydroxylation sites is 1. The van der Waals surface area contributed by atoms with E-state index in [0.29, 0.717) is 17.4 Å². The van der Waals surface area contributed by atoms with Gasteiger partial charge in [-0.1, -0.05) is 12.1 Å². The van der Waals surface area contributed by atoms with Crippen LogP contribution in [-0.2, 0) is 12.8 Å². The molecule has 1 unspecified atom stereocenters. The molecular weight excluding hydrogens is 343 g/mol. The van der Waals surface area contributed by atoms with E-state index in [-0.39, 0.29) is 11.7 Å². The van der Waals surface area contributed by atoms with Crippen molar-refractivity contribution in [1.29, 1.82) is 0 Å². The third kappa shape index (κ3) is 2.87. The highest BCUT2D eigenvalue weighted by molar-refractivity contribution is 5.94. The Morgan fingerprint density at radius 3 is 2.70 bits per heavy atom. The van der Waals surface area contributed by atoms with E-state index in [4.69, 9.17) is 0 Å². The third-order valence-electron chi connectivity index (χ3n) is 6.32. The maximum absolute atomic E-state index is 14.3. The smallest absolute Gasteiger partial charge is 0.274 e. The Hall–Kier alpha value is -2.21. The molecule has 1 aromatic carbocycles. The SMILES string of the molecule is O=C(c1nn(-c2ccccc2F)c2c1CCC2)N1CCC(N2CCCC2)C1. The van der Waals surface area contributed by atoms with E-state index < -0.39 is 0 Å². The Balaban J connectivity index is 1.43. The number of nitrogens with zero attached hydrogens (tertiary/aromatic N) is 4. The number of hydrogen-bond donors (Lipinski definition) is 0. The topological polar surface area (TPSA) is 41.4 Å². The second-order valence-corrected chi connectivity index (χ2v) is 7.93. The maximum Gasteiger partial charge on any atom is 0.274 e. The summed E-state index contributed by atoms with van der Waals surface area (Å²) >= 11 is 0. The number of carbonyl (C=O) groups excluding carboxylic acids is 1. The average Bonchev–Trinajstić information content (AvgIpc) is 3.45. The standard InChI is InChI=1S/C21H25FN4O/c22-17-7-1-2-8-19(17)26-18-9-5-6-16(18)20(23-26)21(27)25-13-10-15(14-25)24-11-3-4-12-24/h1-2,7-8,15H,3-6,9-14H2. The van der Waals surface area contributed by atoms with Gasteiger partial charge in [0.15, 0.2) is 5.69 Å². The third-order valence-corrected chi connectivity index (χ3v) is 6.32. The van der Waals surface area contributed by atoms with Crippen LogP contribution in [0.4, 0.5) is 4.39 Å². The van der Waals surface area contributed by atoms with E-state index in [1.54, 1.807) is 16.8 Å². The number of rotatable bonds is 3. The minimum Gasteiger partial charge on any atom is -0.336 e. The summed E-state index contributed by atoms with van der Waals surface area (Å²) in [7, 11) is 0. The summed E-state index contributed by atoms with van der Waals surface area (Å²) in [5.74, 6) is -0.283. The molecule has 5 rings (SSSR count). The molecule has 1 amide bonds. The molecule has 0 spiro atoms. The maximum atomic E-state index is 14.3. The number of amides is 1. The van der Waals surface area contributed by atoms with Gasteiger partial charge < -0.3 is 4.90 Å². The summed E-state index contributed by atoms with van der Waals surface area (Å²) in [6.07, 6.45) is 6.28. The van der Waals surface area contributed by atoms with Crippen molar-refractivity contribution >= 4 is 5.91 Å². The molecule has 142 valence electrons. The fourth-order valence-electron chi connectivity index (χ4n) is 4.91. The van der Waals surface area contributed by atoms with E-state index in [9.17, 15) is 9.18 Å². The van der Waals surface area contributed by atoms with E-state index in [1.165, 1.54) is 18.9 Å². The van der Waals surface area contributed by atoms with Crippen molar-refractivity contribution in [2.75, 3.05) is 26.2 Å². The lowest BCUT2D eigenvalue weighted by atomic mass is 10.2. The first-order valence-corrected chi connectivity index (χ1v) is 10.1. The van der Waals surface area contributed by atoms with Gasteiger partial charge in [0.25, 0.3) is 5.91 Å². The summed E-state index contributed by atoms with van der Waals surface area (Å²) < 4.78 is 16.0. The van der Waals surface area contributed by atoms with Gasteiger partial charge >= 0.3 is 0 Å². The Morgan fingerprint density at radius 2 is 1.89 bits per heavy atom. The van der Waals surface area contributed by atoms with Crippen molar-refractivity contribution in [2.45, 2.75) is 44.6 Å². The van der Waals surface area contributed by atoms with Gasteiger partial charge in [-0.3, -0.25) is 9.69 Å². The van der Waals surface area contributed by atoms with Gasteiger partial charge in [-0.25, -0.2) is 9.07 Å². The molecule has 1 atom stereocenters. The monoisotopic (exact) mass is 368 g/mol. The minimum atomic E-state index is -0.302. The normalized spacial score (nSPS) is 22.6. The number of likely N-dealkylation sites (tertiary alicyclic amines) is 2. The molecule has 5 nitrogen and oxygen atoms in total. The molecule has 2 aromatic rings. The predicted octanol–water partition coefficient (Wildman–Crippen LogP) is 2.81. The highest BCUT2D eigenvalue weighted by Gasteiger charge is 2.35. The van der Waals surface area contributed by atoms with Gasteiger partial charge in [-0.05, 0) is 63.7 Å². The zero-order valence-corrected chi connectivity index (χ0v) is 15.5. The van der Waals surface area contributed by atoms with Gasteiger partial charge in [-0.2, -0.15) is 5.10 Å². The summed E-state index contributed by atoms with van der Waals surface area (Å²) in [6, 6.07) is 7.15. The summed E-state index contributed by atoms with van der Waals surface area (Å²) in [6.45, 7) is 3.90.